The number of esters is 1. The Morgan fingerprint density at radius 3 is 2.74 bits per heavy atom. The van der Waals surface area contributed by atoms with Gasteiger partial charge in [-0.1, -0.05) is 13.8 Å². The molecule has 1 fully saturated rings. The Kier molecular flexibility index (Phi) is 4.02. The third-order valence-corrected chi connectivity index (χ3v) is 3.92. The quantitative estimate of drug-likeness (QED) is 0.776. The highest BCUT2D eigenvalue weighted by Gasteiger charge is 2.48. The Bertz CT molecular complexity index is 436. The Hall–Kier alpha value is -1.65. The Labute approximate surface area is 114 Å². The van der Waals surface area contributed by atoms with E-state index >= 15 is 0 Å². The van der Waals surface area contributed by atoms with Crippen molar-refractivity contribution in [1.29, 1.82) is 0 Å². The normalized spacial score (nSPS) is 22.8. The maximum absolute atomic E-state index is 12.3. The Balaban J connectivity index is 2.19. The lowest BCUT2D eigenvalue weighted by molar-refractivity contribution is -0.156. The molecule has 0 bridgehead atoms. The highest BCUT2D eigenvalue weighted by atomic mass is 16.5. The van der Waals surface area contributed by atoms with Crippen molar-refractivity contribution in [3.05, 3.63) is 18.5 Å². The monoisotopic (exact) mass is 263 g/mol. The summed E-state index contributed by atoms with van der Waals surface area (Å²) in [5, 5.41) is 0. The van der Waals surface area contributed by atoms with Gasteiger partial charge in [0.05, 0.1) is 12.0 Å². The molecule has 19 heavy (non-hydrogen) atoms. The largest absolute Gasteiger partial charge is 0.466 e. The molecule has 1 aromatic heterocycles. The fourth-order valence-electron chi connectivity index (χ4n) is 2.61. The van der Waals surface area contributed by atoms with Crippen molar-refractivity contribution in [1.82, 2.24) is 9.97 Å². The molecule has 5 heteroatoms. The van der Waals surface area contributed by atoms with Gasteiger partial charge >= 0.3 is 5.97 Å². The minimum Gasteiger partial charge on any atom is -0.466 e. The van der Waals surface area contributed by atoms with Gasteiger partial charge in [-0.3, -0.25) is 4.79 Å². The molecule has 1 unspecified atom stereocenters. The van der Waals surface area contributed by atoms with Crippen LogP contribution < -0.4 is 4.90 Å². The SMILES string of the molecule is CCOC(=O)C1(C(C)C)CCN(c2ncccn2)C1. The number of hydrogen-bond donors (Lipinski definition) is 0. The first-order valence-corrected chi connectivity index (χ1v) is 6.79. The van der Waals surface area contributed by atoms with Gasteiger partial charge in [0.1, 0.15) is 0 Å². The number of nitrogens with zero attached hydrogens (tertiary/aromatic N) is 3. The standard InChI is InChI=1S/C14H21N3O2/c1-4-19-12(18)14(11(2)3)6-9-17(10-14)13-15-7-5-8-16-13/h5,7-8,11H,4,6,9-10H2,1-3H3. The first kappa shape index (κ1) is 13.8. The molecule has 0 aliphatic carbocycles. The van der Waals surface area contributed by atoms with Crippen LogP contribution in [0.4, 0.5) is 5.95 Å². The fraction of sp³-hybridized carbons (Fsp3) is 0.643. The molecule has 0 aromatic carbocycles. The predicted octanol–water partition coefficient (Wildman–Crippen LogP) is 1.89. The smallest absolute Gasteiger partial charge is 0.314 e. The Morgan fingerprint density at radius 1 is 1.47 bits per heavy atom. The van der Waals surface area contributed by atoms with E-state index in [1.807, 2.05) is 6.92 Å². The highest BCUT2D eigenvalue weighted by molar-refractivity contribution is 5.79. The van der Waals surface area contributed by atoms with E-state index < -0.39 is 5.41 Å². The third-order valence-electron chi connectivity index (χ3n) is 3.92. The van der Waals surface area contributed by atoms with Crippen LogP contribution in [0.3, 0.4) is 0 Å². The van der Waals surface area contributed by atoms with Gasteiger partial charge in [-0.2, -0.15) is 0 Å². The molecule has 1 aliphatic rings. The van der Waals surface area contributed by atoms with E-state index in [4.69, 9.17) is 4.74 Å². The molecule has 0 amide bonds. The molecule has 5 nitrogen and oxygen atoms in total. The summed E-state index contributed by atoms with van der Waals surface area (Å²) in [6.07, 6.45) is 4.24. The topological polar surface area (TPSA) is 55.3 Å². The van der Waals surface area contributed by atoms with Crippen molar-refractivity contribution in [2.24, 2.45) is 11.3 Å². The van der Waals surface area contributed by atoms with Gasteiger partial charge in [0.15, 0.2) is 0 Å². The summed E-state index contributed by atoms with van der Waals surface area (Å²) in [4.78, 5) is 22.9. The minimum atomic E-state index is -0.435. The lowest BCUT2D eigenvalue weighted by Gasteiger charge is -2.30. The molecule has 1 atom stereocenters. The van der Waals surface area contributed by atoms with Gasteiger partial charge in [-0.25, -0.2) is 9.97 Å². The van der Waals surface area contributed by atoms with Crippen LogP contribution in [0, 0.1) is 11.3 Å². The summed E-state index contributed by atoms with van der Waals surface area (Å²) >= 11 is 0. The van der Waals surface area contributed by atoms with Crippen molar-refractivity contribution in [2.45, 2.75) is 27.2 Å². The van der Waals surface area contributed by atoms with Crippen LogP contribution >= 0.6 is 0 Å². The summed E-state index contributed by atoms with van der Waals surface area (Å²) in [5.41, 5.74) is -0.435. The van der Waals surface area contributed by atoms with E-state index in [2.05, 4.69) is 28.7 Å². The maximum Gasteiger partial charge on any atom is 0.314 e. The summed E-state index contributed by atoms with van der Waals surface area (Å²) in [6.45, 7) is 7.85. The zero-order valence-corrected chi connectivity index (χ0v) is 11.8. The number of carbonyl (C=O) groups is 1. The summed E-state index contributed by atoms with van der Waals surface area (Å²) in [5.74, 6) is 0.831. The molecule has 1 saturated heterocycles. The first-order chi connectivity index (χ1) is 9.10. The second-order valence-corrected chi connectivity index (χ2v) is 5.25. The van der Waals surface area contributed by atoms with E-state index in [1.54, 1.807) is 18.5 Å². The van der Waals surface area contributed by atoms with E-state index in [0.717, 1.165) is 13.0 Å². The average Bonchev–Trinajstić information content (AvgIpc) is 2.86. The zero-order chi connectivity index (χ0) is 13.9. The van der Waals surface area contributed by atoms with Gasteiger partial charge in [-0.05, 0) is 25.3 Å². The number of rotatable bonds is 4. The van der Waals surface area contributed by atoms with Crippen molar-refractivity contribution in [3.63, 3.8) is 0 Å². The summed E-state index contributed by atoms with van der Waals surface area (Å²) in [7, 11) is 0. The van der Waals surface area contributed by atoms with Crippen LogP contribution in [-0.2, 0) is 9.53 Å². The molecule has 0 N–H and O–H groups in total. The van der Waals surface area contributed by atoms with Crippen molar-refractivity contribution >= 4 is 11.9 Å². The van der Waals surface area contributed by atoms with Crippen LogP contribution in [0.2, 0.25) is 0 Å². The Morgan fingerprint density at radius 2 is 2.16 bits per heavy atom. The number of ether oxygens (including phenoxy) is 1. The molecule has 0 spiro atoms. The van der Waals surface area contributed by atoms with E-state index in [-0.39, 0.29) is 11.9 Å². The predicted molar refractivity (Wildman–Crippen MR) is 72.8 cm³/mol. The lowest BCUT2D eigenvalue weighted by Crippen LogP contribution is -2.41. The minimum absolute atomic E-state index is 0.0940. The zero-order valence-electron chi connectivity index (χ0n) is 11.8. The second kappa shape index (κ2) is 5.55. The highest BCUT2D eigenvalue weighted by Crippen LogP contribution is 2.40. The summed E-state index contributed by atoms with van der Waals surface area (Å²) < 4.78 is 5.27. The van der Waals surface area contributed by atoms with E-state index in [9.17, 15) is 4.79 Å². The first-order valence-electron chi connectivity index (χ1n) is 6.79. The molecular formula is C14H21N3O2. The van der Waals surface area contributed by atoms with Gasteiger partial charge in [-0.15, -0.1) is 0 Å². The molecular weight excluding hydrogens is 242 g/mol. The maximum atomic E-state index is 12.3. The lowest BCUT2D eigenvalue weighted by atomic mass is 9.76. The van der Waals surface area contributed by atoms with Crippen molar-refractivity contribution in [3.8, 4) is 0 Å². The molecule has 2 heterocycles. The van der Waals surface area contributed by atoms with Crippen molar-refractivity contribution in [2.75, 3.05) is 24.6 Å². The number of carbonyl (C=O) groups excluding carboxylic acids is 1. The second-order valence-electron chi connectivity index (χ2n) is 5.25. The van der Waals surface area contributed by atoms with Gasteiger partial charge < -0.3 is 9.64 Å². The third kappa shape index (κ3) is 2.55. The molecule has 0 saturated carbocycles. The number of aromatic nitrogens is 2. The van der Waals surface area contributed by atoms with Crippen LogP contribution in [0.5, 0.6) is 0 Å². The van der Waals surface area contributed by atoms with Gasteiger partial charge in [0, 0.05) is 25.5 Å². The van der Waals surface area contributed by atoms with E-state index in [1.165, 1.54) is 0 Å². The molecule has 2 rings (SSSR count). The van der Waals surface area contributed by atoms with E-state index in [0.29, 0.717) is 19.1 Å². The summed E-state index contributed by atoms with van der Waals surface area (Å²) in [6, 6.07) is 1.79. The van der Waals surface area contributed by atoms with Crippen molar-refractivity contribution < 1.29 is 9.53 Å². The molecule has 104 valence electrons. The van der Waals surface area contributed by atoms with Crippen LogP contribution in [0.25, 0.3) is 0 Å². The molecule has 1 aliphatic heterocycles. The van der Waals surface area contributed by atoms with Crippen LogP contribution in [-0.4, -0.2) is 35.6 Å². The molecule has 0 radical (unpaired) electrons. The van der Waals surface area contributed by atoms with Crippen LogP contribution in [0.15, 0.2) is 18.5 Å². The number of hydrogen-bond acceptors (Lipinski definition) is 5. The van der Waals surface area contributed by atoms with Gasteiger partial charge in [0.2, 0.25) is 5.95 Å². The molecule has 1 aromatic rings. The van der Waals surface area contributed by atoms with Crippen LogP contribution in [0.1, 0.15) is 27.2 Å². The fourth-order valence-corrected chi connectivity index (χ4v) is 2.61. The van der Waals surface area contributed by atoms with Gasteiger partial charge in [0.25, 0.3) is 0 Å². The average molecular weight is 263 g/mol. The number of anilines is 1.